The largest absolute Gasteiger partial charge is 0.352 e. The Morgan fingerprint density at radius 3 is 2.77 bits per heavy atom. The molecule has 26 heavy (non-hydrogen) atoms. The topological polar surface area (TPSA) is 66.5 Å². The molecule has 1 fully saturated rings. The second kappa shape index (κ2) is 8.81. The molecule has 1 saturated heterocycles. The van der Waals surface area contributed by atoms with Gasteiger partial charge in [0.2, 0.25) is 0 Å². The van der Waals surface area contributed by atoms with Crippen LogP contribution in [0.25, 0.3) is 0 Å². The number of carbonyl (C=O) groups excluding carboxylic acids is 1. The van der Waals surface area contributed by atoms with Crippen molar-refractivity contribution in [2.75, 3.05) is 13.1 Å². The van der Waals surface area contributed by atoms with Crippen LogP contribution in [0.4, 0.5) is 0 Å². The predicted molar refractivity (Wildman–Crippen MR) is 112 cm³/mol. The van der Waals surface area contributed by atoms with Crippen molar-refractivity contribution in [1.82, 2.24) is 9.62 Å². The number of thiophene rings is 1. The molecule has 1 aromatic heterocycles. The van der Waals surface area contributed by atoms with Crippen molar-refractivity contribution in [2.45, 2.75) is 35.9 Å². The van der Waals surface area contributed by atoms with Crippen molar-refractivity contribution < 1.29 is 13.2 Å². The van der Waals surface area contributed by atoms with Gasteiger partial charge in [-0.05, 0) is 65.4 Å². The summed E-state index contributed by atoms with van der Waals surface area (Å²) in [5.41, 5.74) is 0.653. The summed E-state index contributed by atoms with van der Waals surface area (Å²) in [6.45, 7) is 1.01. The molecule has 3 rings (SSSR count). The summed E-state index contributed by atoms with van der Waals surface area (Å²) in [5.74, 6) is -0.113. The summed E-state index contributed by atoms with van der Waals surface area (Å²) < 4.78 is 28.7. The number of amides is 1. The highest BCUT2D eigenvalue weighted by Gasteiger charge is 2.33. The quantitative estimate of drug-likeness (QED) is 0.610. The van der Waals surface area contributed by atoms with Gasteiger partial charge in [0.25, 0.3) is 15.9 Å². The molecule has 8 heteroatoms. The van der Waals surface area contributed by atoms with Gasteiger partial charge in [-0.1, -0.05) is 24.6 Å². The molecule has 140 valence electrons. The number of piperidine rings is 1. The first kappa shape index (κ1) is 19.8. The van der Waals surface area contributed by atoms with Gasteiger partial charge in [-0.15, -0.1) is 11.3 Å². The van der Waals surface area contributed by atoms with Crippen LogP contribution in [0.1, 0.15) is 36.0 Å². The van der Waals surface area contributed by atoms with E-state index in [1.807, 2.05) is 18.2 Å². The lowest BCUT2D eigenvalue weighted by Gasteiger charge is -2.34. The zero-order valence-corrected chi connectivity index (χ0v) is 18.0. The second-order valence-electron chi connectivity index (χ2n) is 6.22. The average Bonchev–Trinajstić information content (AvgIpc) is 3.18. The molecule has 0 aliphatic carbocycles. The smallest absolute Gasteiger partial charge is 0.252 e. The molecule has 1 aromatic carbocycles. The first-order valence-electron chi connectivity index (χ1n) is 8.58. The van der Waals surface area contributed by atoms with Gasteiger partial charge in [0.15, 0.2) is 0 Å². The molecule has 0 saturated carbocycles. The lowest BCUT2D eigenvalue weighted by atomic mass is 10.0. The molecule has 1 aliphatic heterocycles. The van der Waals surface area contributed by atoms with Gasteiger partial charge in [-0.3, -0.25) is 4.79 Å². The van der Waals surface area contributed by atoms with E-state index in [0.29, 0.717) is 29.3 Å². The Hall–Kier alpha value is -0.970. The van der Waals surface area contributed by atoms with Gasteiger partial charge in [0, 0.05) is 22.7 Å². The highest BCUT2D eigenvalue weighted by atomic mass is 127. The average molecular weight is 504 g/mol. The van der Waals surface area contributed by atoms with Crippen LogP contribution in [-0.2, 0) is 10.0 Å². The number of halogens is 1. The monoisotopic (exact) mass is 504 g/mol. The van der Waals surface area contributed by atoms with E-state index >= 15 is 0 Å². The number of carbonyl (C=O) groups is 1. The van der Waals surface area contributed by atoms with Gasteiger partial charge in [0.1, 0.15) is 4.21 Å². The molecule has 1 unspecified atom stereocenters. The number of nitrogens with zero attached hydrogens (tertiary/aromatic N) is 1. The van der Waals surface area contributed by atoms with Crippen LogP contribution in [0.5, 0.6) is 0 Å². The standard InChI is InChI=1S/C18H21IN2O3S2/c19-16-8-2-1-7-15(16)18(22)20-11-10-14-6-3-4-12-21(14)26(23,24)17-9-5-13-25-17/h1-2,5,7-9,13-14H,3-4,6,10-12H2,(H,20,22). The molecule has 2 heterocycles. The Morgan fingerprint density at radius 1 is 1.23 bits per heavy atom. The molecule has 5 nitrogen and oxygen atoms in total. The fourth-order valence-electron chi connectivity index (χ4n) is 3.20. The van der Waals surface area contributed by atoms with Gasteiger partial charge in [0.05, 0.1) is 5.56 Å². The van der Waals surface area contributed by atoms with E-state index in [9.17, 15) is 13.2 Å². The number of rotatable bonds is 6. The van der Waals surface area contributed by atoms with Crippen LogP contribution in [0.3, 0.4) is 0 Å². The summed E-state index contributed by atoms with van der Waals surface area (Å²) in [7, 11) is -3.44. The van der Waals surface area contributed by atoms with Crippen LogP contribution in [0, 0.1) is 3.57 Å². The van der Waals surface area contributed by atoms with Crippen molar-refractivity contribution in [1.29, 1.82) is 0 Å². The van der Waals surface area contributed by atoms with Gasteiger partial charge in [-0.25, -0.2) is 8.42 Å². The van der Waals surface area contributed by atoms with Crippen LogP contribution in [0.2, 0.25) is 0 Å². The number of sulfonamides is 1. The number of nitrogens with one attached hydrogen (secondary N) is 1. The minimum atomic E-state index is -3.44. The molecule has 1 atom stereocenters. The molecular weight excluding hydrogens is 483 g/mol. The van der Waals surface area contributed by atoms with Gasteiger partial charge >= 0.3 is 0 Å². The number of benzene rings is 1. The third-order valence-corrected chi connectivity index (χ3v) is 8.78. The van der Waals surface area contributed by atoms with E-state index in [1.54, 1.807) is 27.9 Å². The molecule has 0 spiro atoms. The Kier molecular flexibility index (Phi) is 6.70. The molecular formula is C18H21IN2O3S2. The van der Waals surface area contributed by atoms with Gasteiger partial charge in [-0.2, -0.15) is 4.31 Å². The van der Waals surface area contributed by atoms with E-state index in [-0.39, 0.29) is 11.9 Å². The van der Waals surface area contributed by atoms with E-state index < -0.39 is 10.0 Å². The van der Waals surface area contributed by atoms with E-state index in [2.05, 4.69) is 27.9 Å². The minimum Gasteiger partial charge on any atom is -0.352 e. The maximum absolute atomic E-state index is 12.9. The summed E-state index contributed by atoms with van der Waals surface area (Å²) in [6.07, 6.45) is 3.37. The SMILES string of the molecule is O=C(NCCC1CCCCN1S(=O)(=O)c1cccs1)c1ccccc1I. The Labute approximate surface area is 172 Å². The third-order valence-electron chi connectivity index (χ3n) is 4.51. The van der Waals surface area contributed by atoms with Crippen molar-refractivity contribution in [3.63, 3.8) is 0 Å². The maximum Gasteiger partial charge on any atom is 0.252 e. The van der Waals surface area contributed by atoms with Crippen LogP contribution in [0.15, 0.2) is 46.0 Å². The third kappa shape index (κ3) is 4.47. The van der Waals surface area contributed by atoms with Crippen molar-refractivity contribution >= 4 is 49.9 Å². The zero-order chi connectivity index (χ0) is 18.6. The van der Waals surface area contributed by atoms with Crippen molar-refractivity contribution in [3.8, 4) is 0 Å². The molecule has 1 N–H and O–H groups in total. The lowest BCUT2D eigenvalue weighted by molar-refractivity contribution is 0.0948. The fraction of sp³-hybridized carbons (Fsp3) is 0.389. The van der Waals surface area contributed by atoms with Crippen LogP contribution >= 0.6 is 33.9 Å². The van der Waals surface area contributed by atoms with E-state index in [4.69, 9.17) is 0 Å². The summed E-state index contributed by atoms with van der Waals surface area (Å²) >= 11 is 3.40. The first-order valence-corrected chi connectivity index (χ1v) is 12.0. The number of hydrogen-bond acceptors (Lipinski definition) is 4. The molecule has 2 aromatic rings. The number of hydrogen-bond donors (Lipinski definition) is 1. The molecule has 1 amide bonds. The highest BCUT2D eigenvalue weighted by Crippen LogP contribution is 2.29. The zero-order valence-electron chi connectivity index (χ0n) is 14.2. The predicted octanol–water partition coefficient (Wildman–Crippen LogP) is 3.72. The highest BCUT2D eigenvalue weighted by molar-refractivity contribution is 14.1. The van der Waals surface area contributed by atoms with Crippen molar-refractivity contribution in [2.24, 2.45) is 0 Å². The maximum atomic E-state index is 12.9. The van der Waals surface area contributed by atoms with E-state index in [0.717, 1.165) is 22.8 Å². The molecule has 1 aliphatic rings. The Bertz CT molecular complexity index is 853. The fourth-order valence-corrected chi connectivity index (χ4v) is 6.67. The van der Waals surface area contributed by atoms with Crippen LogP contribution < -0.4 is 5.32 Å². The molecule has 0 radical (unpaired) electrons. The summed E-state index contributed by atoms with van der Waals surface area (Å²) in [5, 5.41) is 4.72. The van der Waals surface area contributed by atoms with Crippen LogP contribution in [-0.4, -0.2) is 37.8 Å². The van der Waals surface area contributed by atoms with E-state index in [1.165, 1.54) is 11.3 Å². The lowest BCUT2D eigenvalue weighted by Crippen LogP contribution is -2.45. The Morgan fingerprint density at radius 2 is 2.04 bits per heavy atom. The summed E-state index contributed by atoms with van der Waals surface area (Å²) in [6, 6.07) is 10.8. The first-order chi connectivity index (χ1) is 12.5. The van der Waals surface area contributed by atoms with Crippen molar-refractivity contribution in [3.05, 3.63) is 50.9 Å². The second-order valence-corrected chi connectivity index (χ2v) is 10.4. The summed E-state index contributed by atoms with van der Waals surface area (Å²) in [4.78, 5) is 12.3. The Balaban J connectivity index is 1.63. The van der Waals surface area contributed by atoms with Gasteiger partial charge < -0.3 is 5.32 Å². The minimum absolute atomic E-state index is 0.0639. The normalized spacial score (nSPS) is 18.6. The molecule has 0 bridgehead atoms.